The Balaban J connectivity index is 1.59. The first-order valence-electron chi connectivity index (χ1n) is 6.42. The van der Waals surface area contributed by atoms with Crippen molar-refractivity contribution in [2.45, 2.75) is 38.2 Å². The fourth-order valence-corrected chi connectivity index (χ4v) is 2.74. The minimum absolute atomic E-state index is 0.231. The van der Waals surface area contributed by atoms with Crippen LogP contribution < -0.4 is 5.73 Å². The van der Waals surface area contributed by atoms with Crippen LogP contribution in [-0.4, -0.2) is 27.8 Å². The van der Waals surface area contributed by atoms with Crippen LogP contribution >= 0.6 is 11.3 Å². The van der Waals surface area contributed by atoms with E-state index in [2.05, 4.69) is 15.1 Å². The molecule has 0 spiro atoms. The quantitative estimate of drug-likeness (QED) is 0.919. The van der Waals surface area contributed by atoms with Gasteiger partial charge in [0.25, 0.3) is 0 Å². The zero-order valence-electron chi connectivity index (χ0n) is 10.5. The maximum atomic E-state index is 5.66. The molecule has 1 unspecified atom stereocenters. The molecule has 1 atom stereocenters. The van der Waals surface area contributed by atoms with Crippen molar-refractivity contribution in [3.63, 3.8) is 0 Å². The predicted octanol–water partition coefficient (Wildman–Crippen LogP) is 1.81. The monoisotopic (exact) mass is 280 g/mol. The minimum atomic E-state index is 0.231. The average molecular weight is 280 g/mol. The second kappa shape index (κ2) is 5.66. The van der Waals surface area contributed by atoms with E-state index in [1.807, 2.05) is 5.38 Å². The van der Waals surface area contributed by atoms with Crippen molar-refractivity contribution in [1.82, 2.24) is 15.1 Å². The van der Waals surface area contributed by atoms with E-state index >= 15 is 0 Å². The highest BCUT2D eigenvalue weighted by molar-refractivity contribution is 7.13. The van der Waals surface area contributed by atoms with Crippen molar-refractivity contribution in [3.05, 3.63) is 22.8 Å². The summed E-state index contributed by atoms with van der Waals surface area (Å²) in [5.41, 5.74) is 6.45. The lowest BCUT2D eigenvalue weighted by molar-refractivity contribution is 0.0153. The molecular formula is C12H16N4O2S. The number of nitrogens with two attached hydrogens (primary N) is 1. The second-order valence-electron chi connectivity index (χ2n) is 4.65. The van der Waals surface area contributed by atoms with Crippen LogP contribution in [0, 0.1) is 0 Å². The lowest BCUT2D eigenvalue weighted by Gasteiger charge is -2.20. The van der Waals surface area contributed by atoms with E-state index in [-0.39, 0.29) is 6.10 Å². The van der Waals surface area contributed by atoms with Crippen LogP contribution in [0.3, 0.4) is 0 Å². The summed E-state index contributed by atoms with van der Waals surface area (Å²) >= 11 is 1.42. The summed E-state index contributed by atoms with van der Waals surface area (Å²) in [7, 11) is 0. The number of rotatable bonds is 4. The molecule has 2 N–H and O–H groups in total. The summed E-state index contributed by atoms with van der Waals surface area (Å²) in [6, 6.07) is 0. The molecule has 0 bridgehead atoms. The van der Waals surface area contributed by atoms with Crippen LogP contribution in [0.1, 0.15) is 36.7 Å². The molecule has 6 nitrogen and oxygen atoms in total. The normalized spacial score (nSPS) is 19.7. The van der Waals surface area contributed by atoms with E-state index < -0.39 is 0 Å². The molecule has 2 aromatic heterocycles. The van der Waals surface area contributed by atoms with Gasteiger partial charge in [-0.15, -0.1) is 11.3 Å². The van der Waals surface area contributed by atoms with Gasteiger partial charge in [-0.3, -0.25) is 0 Å². The molecule has 19 heavy (non-hydrogen) atoms. The highest BCUT2D eigenvalue weighted by Crippen LogP contribution is 2.17. The van der Waals surface area contributed by atoms with Crippen LogP contribution in [0.2, 0.25) is 0 Å². The molecule has 3 rings (SSSR count). The fourth-order valence-electron chi connectivity index (χ4n) is 2.18. The van der Waals surface area contributed by atoms with E-state index in [1.165, 1.54) is 17.8 Å². The molecule has 0 aliphatic carbocycles. The first-order chi connectivity index (χ1) is 9.29. The first kappa shape index (κ1) is 12.6. The van der Waals surface area contributed by atoms with Crippen molar-refractivity contribution < 1.29 is 9.26 Å². The van der Waals surface area contributed by atoms with Gasteiger partial charge in [-0.05, 0) is 19.3 Å². The smallest absolute Gasteiger partial charge is 0.232 e. The van der Waals surface area contributed by atoms with Gasteiger partial charge in [0, 0.05) is 18.4 Å². The number of hydrogen-bond donors (Lipinski definition) is 1. The van der Waals surface area contributed by atoms with Crippen molar-refractivity contribution in [3.8, 4) is 0 Å². The van der Waals surface area contributed by atoms with E-state index in [4.69, 9.17) is 15.0 Å². The summed E-state index contributed by atoms with van der Waals surface area (Å²) in [5.74, 6) is 1.29. The molecule has 2 aromatic rings. The third kappa shape index (κ3) is 3.30. The molecular weight excluding hydrogens is 264 g/mol. The Hall–Kier alpha value is -1.47. The van der Waals surface area contributed by atoms with E-state index in [1.54, 1.807) is 0 Å². The molecule has 1 aliphatic rings. The third-order valence-corrected chi connectivity index (χ3v) is 3.82. The van der Waals surface area contributed by atoms with Crippen molar-refractivity contribution in [2.75, 3.05) is 12.3 Å². The van der Waals surface area contributed by atoms with Crippen LogP contribution in [0.4, 0.5) is 5.13 Å². The van der Waals surface area contributed by atoms with Gasteiger partial charge < -0.3 is 15.0 Å². The average Bonchev–Trinajstić information content (AvgIpc) is 3.01. The summed E-state index contributed by atoms with van der Waals surface area (Å²) in [6.45, 7) is 0.841. The predicted molar refractivity (Wildman–Crippen MR) is 70.9 cm³/mol. The van der Waals surface area contributed by atoms with Gasteiger partial charge in [-0.1, -0.05) is 5.16 Å². The number of anilines is 1. The third-order valence-electron chi connectivity index (χ3n) is 3.10. The Kier molecular flexibility index (Phi) is 3.74. The van der Waals surface area contributed by atoms with Gasteiger partial charge in [-0.25, -0.2) is 4.98 Å². The zero-order valence-corrected chi connectivity index (χ0v) is 11.4. The summed E-state index contributed by atoms with van der Waals surface area (Å²) in [6.07, 6.45) is 4.93. The standard InChI is InChI=1S/C12H16N4O2S/c13-12-14-8(7-19-12)5-11-15-10(16-18-11)6-9-3-1-2-4-17-9/h7,9H,1-6H2,(H2,13,14). The summed E-state index contributed by atoms with van der Waals surface area (Å²) in [5, 5.41) is 6.46. The topological polar surface area (TPSA) is 87.1 Å². The molecule has 0 amide bonds. The van der Waals surface area contributed by atoms with Crippen LogP contribution in [0.25, 0.3) is 0 Å². The van der Waals surface area contributed by atoms with E-state index in [9.17, 15) is 0 Å². The number of thiazole rings is 1. The van der Waals surface area contributed by atoms with Crippen LogP contribution in [0.5, 0.6) is 0 Å². The molecule has 102 valence electrons. The molecule has 3 heterocycles. The summed E-state index contributed by atoms with van der Waals surface area (Å²) < 4.78 is 10.9. The first-order valence-corrected chi connectivity index (χ1v) is 7.30. The lowest BCUT2D eigenvalue weighted by atomic mass is 10.1. The van der Waals surface area contributed by atoms with Crippen molar-refractivity contribution in [1.29, 1.82) is 0 Å². The molecule has 7 heteroatoms. The number of nitrogens with zero attached hydrogens (tertiary/aromatic N) is 3. The fraction of sp³-hybridized carbons (Fsp3) is 0.583. The molecule has 0 aromatic carbocycles. The Morgan fingerprint density at radius 2 is 2.32 bits per heavy atom. The van der Waals surface area contributed by atoms with Gasteiger partial charge in [0.15, 0.2) is 11.0 Å². The van der Waals surface area contributed by atoms with E-state index in [0.29, 0.717) is 23.3 Å². The maximum absolute atomic E-state index is 5.66. The summed E-state index contributed by atoms with van der Waals surface area (Å²) in [4.78, 5) is 8.55. The van der Waals surface area contributed by atoms with Gasteiger partial charge >= 0.3 is 0 Å². The lowest BCUT2D eigenvalue weighted by Crippen LogP contribution is -2.21. The van der Waals surface area contributed by atoms with Crippen molar-refractivity contribution >= 4 is 16.5 Å². The molecule has 1 fully saturated rings. The van der Waals surface area contributed by atoms with Gasteiger partial charge in [0.05, 0.1) is 18.2 Å². The Bertz CT molecular complexity index is 533. The Morgan fingerprint density at radius 1 is 1.37 bits per heavy atom. The molecule has 0 radical (unpaired) electrons. The van der Waals surface area contributed by atoms with Crippen molar-refractivity contribution in [2.24, 2.45) is 0 Å². The molecule has 1 saturated heterocycles. The Labute approximate surface area is 115 Å². The Morgan fingerprint density at radius 3 is 3.05 bits per heavy atom. The van der Waals surface area contributed by atoms with Gasteiger partial charge in [0.1, 0.15) is 0 Å². The number of nitrogen functional groups attached to an aromatic ring is 1. The number of aromatic nitrogens is 3. The van der Waals surface area contributed by atoms with Crippen LogP contribution in [0.15, 0.2) is 9.90 Å². The molecule has 1 aliphatic heterocycles. The highest BCUT2D eigenvalue weighted by Gasteiger charge is 2.18. The van der Waals surface area contributed by atoms with Crippen LogP contribution in [-0.2, 0) is 17.6 Å². The second-order valence-corrected chi connectivity index (χ2v) is 5.54. The number of ether oxygens (including phenoxy) is 1. The SMILES string of the molecule is Nc1nc(Cc2nc(CC3CCCCO3)no2)cs1. The zero-order chi connectivity index (χ0) is 13.1. The van der Waals surface area contributed by atoms with Gasteiger partial charge in [-0.2, -0.15) is 4.98 Å². The van der Waals surface area contributed by atoms with Gasteiger partial charge in [0.2, 0.25) is 5.89 Å². The maximum Gasteiger partial charge on any atom is 0.232 e. The highest BCUT2D eigenvalue weighted by atomic mass is 32.1. The largest absolute Gasteiger partial charge is 0.378 e. The molecule has 0 saturated carbocycles. The minimum Gasteiger partial charge on any atom is -0.378 e. The van der Waals surface area contributed by atoms with E-state index in [0.717, 1.165) is 31.6 Å². The number of hydrogen-bond acceptors (Lipinski definition) is 7.